The Labute approximate surface area is 142 Å². The molecule has 1 unspecified atom stereocenters. The van der Waals surface area contributed by atoms with Gasteiger partial charge in [0.05, 0.1) is 20.1 Å². The predicted molar refractivity (Wildman–Crippen MR) is 89.0 cm³/mol. The maximum Gasteiger partial charge on any atom is 0.321 e. The molecule has 1 aromatic carbocycles. The third kappa shape index (κ3) is 4.00. The molecule has 1 aliphatic rings. The van der Waals surface area contributed by atoms with Gasteiger partial charge in [0.25, 0.3) is 0 Å². The highest BCUT2D eigenvalue weighted by Crippen LogP contribution is 2.26. The van der Waals surface area contributed by atoms with Crippen molar-refractivity contribution in [1.82, 2.24) is 5.32 Å². The van der Waals surface area contributed by atoms with Gasteiger partial charge < -0.3 is 10.1 Å². The van der Waals surface area contributed by atoms with Crippen molar-refractivity contribution in [2.75, 3.05) is 13.7 Å². The van der Waals surface area contributed by atoms with E-state index < -0.39 is 0 Å². The molecular weight excluding hydrogens is 308 g/mol. The van der Waals surface area contributed by atoms with Crippen LogP contribution in [0.2, 0.25) is 0 Å². The number of quaternary nitrogens is 1. The monoisotopic (exact) mass is 333 g/mol. The smallest absolute Gasteiger partial charge is 0.321 e. The number of likely N-dealkylation sites (tertiary alicyclic amines) is 1. The van der Waals surface area contributed by atoms with Gasteiger partial charge in [-0.1, -0.05) is 12.1 Å². The van der Waals surface area contributed by atoms with Gasteiger partial charge in [-0.05, 0) is 24.6 Å². The van der Waals surface area contributed by atoms with Crippen molar-refractivity contribution in [2.24, 2.45) is 0 Å². The van der Waals surface area contributed by atoms with E-state index in [4.69, 9.17) is 4.74 Å². The van der Waals surface area contributed by atoms with Crippen LogP contribution in [0.25, 0.3) is 0 Å². The molecule has 1 saturated heterocycles. The molecule has 130 valence electrons. The SMILES string of the molecule is COc1cccc(CNC(=O)CCC(=O)[N+]2(C=O)CCC[C@H]2C)c1. The van der Waals surface area contributed by atoms with Crippen LogP contribution in [0.4, 0.5) is 0 Å². The highest BCUT2D eigenvalue weighted by molar-refractivity contribution is 5.83. The Morgan fingerprint density at radius 1 is 1.38 bits per heavy atom. The van der Waals surface area contributed by atoms with Crippen LogP contribution in [0.1, 0.15) is 38.2 Å². The van der Waals surface area contributed by atoms with Crippen molar-refractivity contribution in [3.63, 3.8) is 0 Å². The van der Waals surface area contributed by atoms with Gasteiger partial charge in [0.1, 0.15) is 11.8 Å². The number of nitrogens with one attached hydrogen (secondary N) is 1. The molecule has 1 N–H and O–H groups in total. The lowest BCUT2D eigenvalue weighted by Crippen LogP contribution is -2.54. The third-order valence-electron chi connectivity index (χ3n) is 4.78. The number of ether oxygens (including phenoxy) is 1. The van der Waals surface area contributed by atoms with E-state index in [1.54, 1.807) is 7.11 Å². The number of methoxy groups -OCH3 is 1. The molecular formula is C18H25N2O4+. The van der Waals surface area contributed by atoms with E-state index >= 15 is 0 Å². The van der Waals surface area contributed by atoms with Gasteiger partial charge in [0.15, 0.2) is 0 Å². The summed E-state index contributed by atoms with van der Waals surface area (Å²) in [5.74, 6) is 0.381. The van der Waals surface area contributed by atoms with Crippen molar-refractivity contribution in [3.05, 3.63) is 29.8 Å². The van der Waals surface area contributed by atoms with E-state index in [1.807, 2.05) is 31.2 Å². The fourth-order valence-corrected chi connectivity index (χ4v) is 3.19. The summed E-state index contributed by atoms with van der Waals surface area (Å²) in [6.07, 6.45) is 2.67. The summed E-state index contributed by atoms with van der Waals surface area (Å²) in [7, 11) is 1.59. The van der Waals surface area contributed by atoms with E-state index in [2.05, 4.69) is 5.32 Å². The maximum atomic E-state index is 12.4. The summed E-state index contributed by atoms with van der Waals surface area (Å²) in [6, 6.07) is 7.45. The second-order valence-corrected chi connectivity index (χ2v) is 6.27. The number of benzene rings is 1. The zero-order chi connectivity index (χ0) is 17.6. The topological polar surface area (TPSA) is 72.5 Å². The van der Waals surface area contributed by atoms with Crippen LogP contribution in [0.15, 0.2) is 24.3 Å². The number of carbonyl (C=O) groups excluding carboxylic acids is 3. The highest BCUT2D eigenvalue weighted by Gasteiger charge is 2.45. The van der Waals surface area contributed by atoms with Gasteiger partial charge in [-0.15, -0.1) is 0 Å². The number of carbonyl (C=O) groups is 3. The highest BCUT2D eigenvalue weighted by atomic mass is 16.5. The average molecular weight is 333 g/mol. The number of rotatable bonds is 7. The largest absolute Gasteiger partial charge is 0.497 e. The molecule has 0 saturated carbocycles. The van der Waals surface area contributed by atoms with Crippen molar-refractivity contribution < 1.29 is 23.6 Å². The first kappa shape index (κ1) is 18.1. The molecule has 0 radical (unpaired) electrons. The van der Waals surface area contributed by atoms with Crippen LogP contribution in [-0.4, -0.2) is 42.4 Å². The molecule has 1 heterocycles. The van der Waals surface area contributed by atoms with Crippen LogP contribution < -0.4 is 10.1 Å². The molecule has 0 spiro atoms. The summed E-state index contributed by atoms with van der Waals surface area (Å²) < 4.78 is 5.00. The number of hydrogen-bond acceptors (Lipinski definition) is 4. The molecule has 2 rings (SSSR count). The minimum atomic E-state index is -0.193. The Hall–Kier alpha value is -2.21. The molecule has 6 nitrogen and oxygen atoms in total. The Kier molecular flexibility index (Phi) is 6.09. The normalized spacial score (nSPS) is 22.8. The summed E-state index contributed by atoms with van der Waals surface area (Å²) in [5, 5.41) is 2.80. The van der Waals surface area contributed by atoms with E-state index in [9.17, 15) is 14.4 Å². The minimum absolute atomic E-state index is 0.00912. The lowest BCUT2D eigenvalue weighted by atomic mass is 10.2. The summed E-state index contributed by atoms with van der Waals surface area (Å²) in [6.45, 7) is 2.85. The lowest BCUT2D eigenvalue weighted by Gasteiger charge is -2.28. The summed E-state index contributed by atoms with van der Waals surface area (Å²) in [5.41, 5.74) is 0.929. The van der Waals surface area contributed by atoms with Gasteiger partial charge in [-0.2, -0.15) is 4.48 Å². The van der Waals surface area contributed by atoms with Gasteiger partial charge >= 0.3 is 12.3 Å². The Balaban J connectivity index is 1.82. The quantitative estimate of drug-likeness (QED) is 0.610. The summed E-state index contributed by atoms with van der Waals surface area (Å²) in [4.78, 5) is 35.8. The van der Waals surface area contributed by atoms with Gasteiger partial charge in [-0.25, -0.2) is 9.59 Å². The van der Waals surface area contributed by atoms with Crippen LogP contribution in [0.3, 0.4) is 0 Å². The molecule has 24 heavy (non-hydrogen) atoms. The van der Waals surface area contributed by atoms with Crippen LogP contribution in [0, 0.1) is 0 Å². The van der Waals surface area contributed by atoms with Crippen LogP contribution in [-0.2, 0) is 20.9 Å². The van der Waals surface area contributed by atoms with Crippen LogP contribution >= 0.6 is 0 Å². The van der Waals surface area contributed by atoms with E-state index in [1.165, 1.54) is 0 Å². The van der Waals surface area contributed by atoms with Gasteiger partial charge in [0.2, 0.25) is 5.91 Å². The molecule has 6 heteroatoms. The molecule has 2 atom stereocenters. The number of imide groups is 1. The van der Waals surface area contributed by atoms with Crippen molar-refractivity contribution >= 4 is 18.2 Å². The number of amides is 3. The molecule has 1 aromatic rings. The fourth-order valence-electron chi connectivity index (χ4n) is 3.19. The molecule has 0 aromatic heterocycles. The predicted octanol–water partition coefficient (Wildman–Crippen LogP) is 1.77. The molecule has 0 bridgehead atoms. The van der Waals surface area contributed by atoms with E-state index in [0.29, 0.717) is 13.1 Å². The summed E-state index contributed by atoms with van der Waals surface area (Å²) >= 11 is 0. The molecule has 0 aliphatic carbocycles. The molecule has 1 aliphatic heterocycles. The Morgan fingerprint density at radius 2 is 2.17 bits per heavy atom. The molecule has 3 amide bonds. The zero-order valence-electron chi connectivity index (χ0n) is 14.3. The zero-order valence-corrected chi connectivity index (χ0v) is 14.3. The second-order valence-electron chi connectivity index (χ2n) is 6.27. The first-order chi connectivity index (χ1) is 11.5. The number of nitrogens with zero attached hydrogens (tertiary/aromatic N) is 1. The van der Waals surface area contributed by atoms with Gasteiger partial charge in [0, 0.05) is 25.8 Å². The first-order valence-electron chi connectivity index (χ1n) is 8.28. The van der Waals surface area contributed by atoms with Crippen molar-refractivity contribution in [1.29, 1.82) is 0 Å². The lowest BCUT2D eigenvalue weighted by molar-refractivity contribution is -0.780. The molecule has 1 fully saturated rings. The minimum Gasteiger partial charge on any atom is -0.497 e. The number of hydrogen-bond donors (Lipinski definition) is 1. The van der Waals surface area contributed by atoms with E-state index in [0.717, 1.165) is 30.6 Å². The third-order valence-corrected chi connectivity index (χ3v) is 4.78. The fraction of sp³-hybridized carbons (Fsp3) is 0.500. The van der Waals surface area contributed by atoms with Crippen LogP contribution in [0.5, 0.6) is 5.75 Å². The van der Waals surface area contributed by atoms with Gasteiger partial charge in [-0.3, -0.25) is 4.79 Å². The maximum absolute atomic E-state index is 12.4. The van der Waals surface area contributed by atoms with Crippen molar-refractivity contribution in [2.45, 2.75) is 45.2 Å². The van der Waals surface area contributed by atoms with Crippen molar-refractivity contribution in [3.8, 4) is 5.75 Å². The first-order valence-corrected chi connectivity index (χ1v) is 8.28. The van der Waals surface area contributed by atoms with E-state index in [-0.39, 0.29) is 35.2 Å². The Bertz CT molecular complexity index is 617. The second kappa shape index (κ2) is 8.06. The standard InChI is InChI=1S/C18H24N2O4/c1-14-5-4-10-20(14,13-21)18(23)9-8-17(22)19-12-15-6-3-7-16(11-15)24-2/h3,6-7,11,13-14H,4-5,8-10,12H2,1-2H3/p+1/t14-,20?/m1/s1. The Morgan fingerprint density at radius 3 is 2.79 bits per heavy atom. The average Bonchev–Trinajstić information content (AvgIpc) is 2.99.